The molecule has 2 amide bonds. The number of nitrogens with one attached hydrogen (secondary N) is 2. The van der Waals surface area contributed by atoms with Gasteiger partial charge in [0.15, 0.2) is 0 Å². The second kappa shape index (κ2) is 9.60. The van der Waals surface area contributed by atoms with Gasteiger partial charge in [0.25, 0.3) is 0 Å². The molecule has 0 spiro atoms. The zero-order valence-corrected chi connectivity index (χ0v) is 11.9. The van der Waals surface area contributed by atoms with E-state index in [1.165, 1.54) is 0 Å². The van der Waals surface area contributed by atoms with Gasteiger partial charge in [-0.25, -0.2) is 4.79 Å². The topological polar surface area (TPSA) is 96.9 Å². The number of benzene rings is 1. The number of hydrogen-bond donors (Lipinski definition) is 3. The van der Waals surface area contributed by atoms with E-state index in [2.05, 4.69) is 10.6 Å². The zero-order valence-electron chi connectivity index (χ0n) is 11.9. The van der Waals surface area contributed by atoms with E-state index in [-0.39, 0.29) is 13.0 Å². The number of methoxy groups -OCH3 is 1. The van der Waals surface area contributed by atoms with Gasteiger partial charge in [-0.2, -0.15) is 0 Å². The molecule has 0 aliphatic rings. The Kier molecular flexibility index (Phi) is 7.67. The van der Waals surface area contributed by atoms with E-state index in [0.29, 0.717) is 19.8 Å². The molecule has 0 bridgehead atoms. The van der Waals surface area contributed by atoms with Gasteiger partial charge in [-0.05, 0) is 17.7 Å². The van der Waals surface area contributed by atoms with Crippen molar-refractivity contribution < 1.29 is 24.2 Å². The van der Waals surface area contributed by atoms with Crippen molar-refractivity contribution in [2.24, 2.45) is 0 Å². The Hall–Kier alpha value is -2.28. The zero-order chi connectivity index (χ0) is 15.5. The van der Waals surface area contributed by atoms with Crippen LogP contribution < -0.4 is 15.4 Å². The lowest BCUT2D eigenvalue weighted by atomic mass is 10.2. The van der Waals surface area contributed by atoms with Crippen LogP contribution in [0.3, 0.4) is 0 Å². The largest absolute Gasteiger partial charge is 0.491 e. The molecule has 1 aromatic carbocycles. The maximum Gasteiger partial charge on any atom is 0.315 e. The van der Waals surface area contributed by atoms with E-state index >= 15 is 0 Å². The number of aliphatic carboxylic acids is 1. The van der Waals surface area contributed by atoms with Crippen molar-refractivity contribution in [3.8, 4) is 5.75 Å². The number of ether oxygens (including phenoxy) is 2. The summed E-state index contributed by atoms with van der Waals surface area (Å²) in [6.07, 6.45) is -0.0963. The van der Waals surface area contributed by atoms with E-state index in [1.807, 2.05) is 24.3 Å². The molecule has 0 radical (unpaired) electrons. The minimum Gasteiger partial charge on any atom is -0.491 e. The smallest absolute Gasteiger partial charge is 0.315 e. The fourth-order valence-corrected chi connectivity index (χ4v) is 1.47. The van der Waals surface area contributed by atoms with Gasteiger partial charge in [-0.1, -0.05) is 12.1 Å². The molecule has 7 heteroatoms. The van der Waals surface area contributed by atoms with Gasteiger partial charge in [0.2, 0.25) is 0 Å². The number of carboxylic acid groups (broad SMARTS) is 1. The summed E-state index contributed by atoms with van der Waals surface area (Å²) < 4.78 is 10.3. The van der Waals surface area contributed by atoms with Crippen LogP contribution in [0.25, 0.3) is 0 Å². The Morgan fingerprint density at radius 3 is 2.48 bits per heavy atom. The van der Waals surface area contributed by atoms with Crippen molar-refractivity contribution >= 4 is 12.0 Å². The highest BCUT2D eigenvalue weighted by molar-refractivity contribution is 5.74. The van der Waals surface area contributed by atoms with Crippen molar-refractivity contribution in [2.75, 3.05) is 26.9 Å². The number of carbonyl (C=O) groups is 2. The lowest BCUT2D eigenvalue weighted by Crippen LogP contribution is -2.36. The predicted octanol–water partition coefficient (Wildman–Crippen LogP) is 0.986. The molecule has 116 valence electrons. The molecule has 0 aliphatic heterocycles. The second-order valence-corrected chi connectivity index (χ2v) is 4.24. The lowest BCUT2D eigenvalue weighted by Gasteiger charge is -2.08. The van der Waals surface area contributed by atoms with Gasteiger partial charge in [0.05, 0.1) is 13.0 Å². The molecule has 0 atom stereocenters. The third-order valence-electron chi connectivity index (χ3n) is 2.56. The van der Waals surface area contributed by atoms with Crippen LogP contribution in [-0.2, 0) is 16.1 Å². The Morgan fingerprint density at radius 2 is 1.86 bits per heavy atom. The third kappa shape index (κ3) is 7.78. The minimum absolute atomic E-state index is 0.0963. The standard InChI is InChI=1S/C14H20N2O5/c1-20-8-9-21-12-4-2-11(3-5-12)10-16-14(19)15-7-6-13(17)18/h2-5H,6-10H2,1H3,(H,17,18)(H2,15,16,19). The maximum absolute atomic E-state index is 11.4. The van der Waals surface area contributed by atoms with Crippen LogP contribution in [0.4, 0.5) is 4.79 Å². The van der Waals surface area contributed by atoms with Gasteiger partial charge in [-0.15, -0.1) is 0 Å². The molecule has 0 aliphatic carbocycles. The van der Waals surface area contributed by atoms with Crippen LogP contribution in [0, 0.1) is 0 Å². The van der Waals surface area contributed by atoms with Crippen LogP contribution >= 0.6 is 0 Å². The summed E-state index contributed by atoms with van der Waals surface area (Å²) in [4.78, 5) is 21.7. The predicted molar refractivity (Wildman–Crippen MR) is 76.3 cm³/mol. The van der Waals surface area contributed by atoms with E-state index < -0.39 is 12.0 Å². The number of carboxylic acids is 1. The first-order valence-electron chi connectivity index (χ1n) is 6.56. The fourth-order valence-electron chi connectivity index (χ4n) is 1.47. The summed E-state index contributed by atoms with van der Waals surface area (Å²) in [6.45, 7) is 1.48. The Balaban J connectivity index is 2.25. The van der Waals surface area contributed by atoms with Gasteiger partial charge in [0, 0.05) is 20.2 Å². The van der Waals surface area contributed by atoms with Gasteiger partial charge in [-0.3, -0.25) is 4.79 Å². The molecule has 0 fully saturated rings. The first kappa shape index (κ1) is 16.8. The summed E-state index contributed by atoms with van der Waals surface area (Å²) >= 11 is 0. The maximum atomic E-state index is 11.4. The first-order valence-corrected chi connectivity index (χ1v) is 6.56. The van der Waals surface area contributed by atoms with E-state index in [0.717, 1.165) is 11.3 Å². The molecule has 0 saturated carbocycles. The highest BCUT2D eigenvalue weighted by Crippen LogP contribution is 2.11. The number of rotatable bonds is 9. The summed E-state index contributed by atoms with van der Waals surface area (Å²) in [5.41, 5.74) is 0.919. The van der Waals surface area contributed by atoms with Gasteiger partial charge < -0.3 is 25.2 Å². The van der Waals surface area contributed by atoms with Gasteiger partial charge >= 0.3 is 12.0 Å². The molecule has 1 aromatic rings. The third-order valence-corrected chi connectivity index (χ3v) is 2.56. The number of urea groups is 1. The van der Waals surface area contributed by atoms with Crippen LogP contribution in [0.2, 0.25) is 0 Å². The molecule has 0 unspecified atom stereocenters. The summed E-state index contributed by atoms with van der Waals surface area (Å²) in [6, 6.07) is 6.93. The van der Waals surface area contributed by atoms with Crippen LogP contribution in [0.1, 0.15) is 12.0 Å². The Morgan fingerprint density at radius 1 is 1.14 bits per heavy atom. The molecule has 0 heterocycles. The van der Waals surface area contributed by atoms with Crippen molar-refractivity contribution in [3.63, 3.8) is 0 Å². The van der Waals surface area contributed by atoms with E-state index in [9.17, 15) is 9.59 Å². The van der Waals surface area contributed by atoms with Crippen LogP contribution in [0.5, 0.6) is 5.75 Å². The first-order chi connectivity index (χ1) is 10.1. The average molecular weight is 296 g/mol. The number of carbonyl (C=O) groups excluding carboxylic acids is 1. The molecule has 0 aromatic heterocycles. The van der Waals surface area contributed by atoms with Gasteiger partial charge in [0.1, 0.15) is 12.4 Å². The molecule has 0 saturated heterocycles. The monoisotopic (exact) mass is 296 g/mol. The highest BCUT2D eigenvalue weighted by atomic mass is 16.5. The van der Waals surface area contributed by atoms with E-state index in [4.69, 9.17) is 14.6 Å². The van der Waals surface area contributed by atoms with Crippen LogP contribution in [0.15, 0.2) is 24.3 Å². The normalized spacial score (nSPS) is 9.95. The van der Waals surface area contributed by atoms with Crippen molar-refractivity contribution in [1.82, 2.24) is 10.6 Å². The summed E-state index contributed by atoms with van der Waals surface area (Å²) in [5, 5.41) is 13.5. The molecule has 7 nitrogen and oxygen atoms in total. The molecule has 21 heavy (non-hydrogen) atoms. The number of hydrogen-bond acceptors (Lipinski definition) is 4. The second-order valence-electron chi connectivity index (χ2n) is 4.24. The molecular formula is C14H20N2O5. The Labute approximate surface area is 123 Å². The highest BCUT2D eigenvalue weighted by Gasteiger charge is 2.02. The minimum atomic E-state index is -0.945. The quantitative estimate of drug-likeness (QED) is 0.590. The van der Waals surface area contributed by atoms with E-state index in [1.54, 1.807) is 7.11 Å². The summed E-state index contributed by atoms with van der Waals surface area (Å²) in [7, 11) is 1.61. The molecular weight excluding hydrogens is 276 g/mol. The lowest BCUT2D eigenvalue weighted by molar-refractivity contribution is -0.136. The average Bonchev–Trinajstić information content (AvgIpc) is 2.46. The fraction of sp³-hybridized carbons (Fsp3) is 0.429. The van der Waals surface area contributed by atoms with Crippen molar-refractivity contribution in [1.29, 1.82) is 0 Å². The van der Waals surface area contributed by atoms with Crippen LogP contribution in [-0.4, -0.2) is 44.0 Å². The molecule has 3 N–H and O–H groups in total. The SMILES string of the molecule is COCCOc1ccc(CNC(=O)NCCC(=O)O)cc1. The summed E-state index contributed by atoms with van der Waals surface area (Å²) in [5.74, 6) is -0.207. The van der Waals surface area contributed by atoms with Crippen molar-refractivity contribution in [3.05, 3.63) is 29.8 Å². The molecule has 1 rings (SSSR count). The van der Waals surface area contributed by atoms with Crippen molar-refractivity contribution in [2.45, 2.75) is 13.0 Å². The number of amides is 2. The Bertz CT molecular complexity index is 447.